The maximum absolute atomic E-state index is 6.22. The van der Waals surface area contributed by atoms with Crippen molar-refractivity contribution >= 4 is 34.5 Å². The second-order valence-electron chi connectivity index (χ2n) is 4.62. The zero-order chi connectivity index (χ0) is 13.1. The van der Waals surface area contributed by atoms with Gasteiger partial charge in [0.1, 0.15) is 4.99 Å². The van der Waals surface area contributed by atoms with Crippen LogP contribution in [-0.4, -0.2) is 24.2 Å². The number of hydrogen-bond donors (Lipinski definition) is 2. The number of halogens is 1. The molecule has 0 aliphatic carbocycles. The van der Waals surface area contributed by atoms with E-state index in [0.717, 1.165) is 30.9 Å². The van der Waals surface area contributed by atoms with E-state index in [4.69, 9.17) is 34.3 Å². The van der Waals surface area contributed by atoms with Gasteiger partial charge in [0.15, 0.2) is 0 Å². The van der Waals surface area contributed by atoms with Gasteiger partial charge in [0.05, 0.1) is 17.3 Å². The summed E-state index contributed by atoms with van der Waals surface area (Å²) in [5.41, 5.74) is 7.27. The van der Waals surface area contributed by atoms with Crippen LogP contribution in [0, 0.1) is 5.92 Å². The quantitative estimate of drug-likeness (QED) is 0.835. The normalized spacial score (nSPS) is 20.7. The summed E-state index contributed by atoms with van der Waals surface area (Å²) in [5.74, 6) is 0.538. The molecule has 2 atom stereocenters. The van der Waals surface area contributed by atoms with Crippen LogP contribution in [0.3, 0.4) is 0 Å². The minimum Gasteiger partial charge on any atom is -0.389 e. The van der Waals surface area contributed by atoms with Crippen molar-refractivity contribution in [3.8, 4) is 0 Å². The molecule has 0 bridgehead atoms. The Balaban J connectivity index is 2.06. The van der Waals surface area contributed by atoms with Crippen LogP contribution in [0.4, 0.5) is 5.69 Å². The number of benzene rings is 1. The zero-order valence-electron chi connectivity index (χ0n) is 10.3. The van der Waals surface area contributed by atoms with E-state index >= 15 is 0 Å². The van der Waals surface area contributed by atoms with Crippen molar-refractivity contribution in [1.82, 2.24) is 0 Å². The lowest BCUT2D eigenvalue weighted by atomic mass is 10.0. The van der Waals surface area contributed by atoms with Gasteiger partial charge in [0.2, 0.25) is 0 Å². The van der Waals surface area contributed by atoms with E-state index in [1.807, 2.05) is 12.1 Å². The van der Waals surface area contributed by atoms with Gasteiger partial charge in [-0.25, -0.2) is 0 Å². The highest BCUT2D eigenvalue weighted by Gasteiger charge is 2.22. The molecule has 1 aromatic rings. The SMILES string of the molecule is CC(Nc1ccc(C(N)=S)cc1Cl)C1CCOC1. The zero-order valence-corrected chi connectivity index (χ0v) is 11.9. The molecule has 0 radical (unpaired) electrons. The molecule has 3 N–H and O–H groups in total. The molecule has 2 rings (SSSR count). The van der Waals surface area contributed by atoms with Crippen molar-refractivity contribution in [2.75, 3.05) is 18.5 Å². The highest BCUT2D eigenvalue weighted by molar-refractivity contribution is 7.80. The highest BCUT2D eigenvalue weighted by Crippen LogP contribution is 2.26. The molecule has 1 fully saturated rings. The fourth-order valence-corrected chi connectivity index (χ4v) is 2.46. The number of hydrogen-bond acceptors (Lipinski definition) is 3. The fourth-order valence-electron chi connectivity index (χ4n) is 2.10. The summed E-state index contributed by atoms with van der Waals surface area (Å²) in [6.07, 6.45) is 1.09. The Morgan fingerprint density at radius 2 is 2.39 bits per heavy atom. The Hall–Kier alpha value is -0.840. The van der Waals surface area contributed by atoms with Gasteiger partial charge in [0.25, 0.3) is 0 Å². The Bertz CT molecular complexity index is 447. The molecule has 1 heterocycles. The summed E-state index contributed by atoms with van der Waals surface area (Å²) in [6, 6.07) is 5.93. The number of anilines is 1. The van der Waals surface area contributed by atoms with Gasteiger partial charge in [0, 0.05) is 24.1 Å². The van der Waals surface area contributed by atoms with Gasteiger partial charge >= 0.3 is 0 Å². The Labute approximate surface area is 118 Å². The Morgan fingerprint density at radius 1 is 1.61 bits per heavy atom. The van der Waals surface area contributed by atoms with E-state index in [-0.39, 0.29) is 0 Å². The molecule has 0 aromatic heterocycles. The molecule has 5 heteroatoms. The van der Waals surface area contributed by atoms with E-state index in [1.165, 1.54) is 0 Å². The number of ether oxygens (including phenoxy) is 1. The van der Waals surface area contributed by atoms with Gasteiger partial charge in [-0.2, -0.15) is 0 Å². The summed E-state index contributed by atoms with van der Waals surface area (Å²) < 4.78 is 5.39. The van der Waals surface area contributed by atoms with Gasteiger partial charge in [-0.3, -0.25) is 0 Å². The largest absolute Gasteiger partial charge is 0.389 e. The van der Waals surface area contributed by atoms with Gasteiger partial charge < -0.3 is 15.8 Å². The highest BCUT2D eigenvalue weighted by atomic mass is 35.5. The first-order chi connectivity index (χ1) is 8.58. The first-order valence-electron chi connectivity index (χ1n) is 6.01. The molecule has 2 unspecified atom stereocenters. The third kappa shape index (κ3) is 3.13. The van der Waals surface area contributed by atoms with Crippen LogP contribution < -0.4 is 11.1 Å². The average Bonchev–Trinajstić information content (AvgIpc) is 2.85. The number of thiocarbonyl (C=S) groups is 1. The molecule has 1 aliphatic heterocycles. The second-order valence-corrected chi connectivity index (χ2v) is 5.46. The topological polar surface area (TPSA) is 47.3 Å². The van der Waals surface area contributed by atoms with Crippen LogP contribution in [0.2, 0.25) is 5.02 Å². The predicted molar refractivity (Wildman–Crippen MR) is 79.4 cm³/mol. The van der Waals surface area contributed by atoms with Crippen molar-refractivity contribution in [1.29, 1.82) is 0 Å². The molecule has 18 heavy (non-hydrogen) atoms. The molecule has 1 aromatic carbocycles. The average molecular weight is 285 g/mol. The fraction of sp³-hybridized carbons (Fsp3) is 0.462. The van der Waals surface area contributed by atoms with E-state index in [1.54, 1.807) is 6.07 Å². The first kappa shape index (κ1) is 13.6. The van der Waals surface area contributed by atoms with Gasteiger partial charge in [-0.1, -0.05) is 23.8 Å². The molecule has 3 nitrogen and oxygen atoms in total. The van der Waals surface area contributed by atoms with Gasteiger partial charge in [-0.05, 0) is 31.5 Å². The third-order valence-electron chi connectivity index (χ3n) is 3.31. The standard InChI is InChI=1S/C13H17ClN2OS/c1-8(10-4-5-17-7-10)16-12-3-2-9(13(15)18)6-11(12)14/h2-3,6,8,10,16H,4-5,7H2,1H3,(H2,15,18). The smallest absolute Gasteiger partial charge is 0.104 e. The van der Waals surface area contributed by atoms with Crippen LogP contribution in [-0.2, 0) is 4.74 Å². The summed E-state index contributed by atoms with van der Waals surface area (Å²) in [5, 5.41) is 4.07. The lowest BCUT2D eigenvalue weighted by molar-refractivity contribution is 0.183. The first-order valence-corrected chi connectivity index (χ1v) is 6.80. The number of nitrogens with one attached hydrogen (secondary N) is 1. The molecule has 1 saturated heterocycles. The van der Waals surface area contributed by atoms with E-state index in [2.05, 4.69) is 12.2 Å². The maximum atomic E-state index is 6.22. The van der Waals surface area contributed by atoms with Crippen molar-refractivity contribution in [2.45, 2.75) is 19.4 Å². The minimum absolute atomic E-state index is 0.334. The van der Waals surface area contributed by atoms with Crippen LogP contribution in [0.1, 0.15) is 18.9 Å². The van der Waals surface area contributed by atoms with E-state index < -0.39 is 0 Å². The molecule has 1 aliphatic rings. The van der Waals surface area contributed by atoms with Crippen molar-refractivity contribution in [3.63, 3.8) is 0 Å². The summed E-state index contributed by atoms with van der Waals surface area (Å²) in [6.45, 7) is 3.82. The number of nitrogens with two attached hydrogens (primary N) is 1. The van der Waals surface area contributed by atoms with Crippen LogP contribution >= 0.6 is 23.8 Å². The van der Waals surface area contributed by atoms with Crippen LogP contribution in [0.5, 0.6) is 0 Å². The van der Waals surface area contributed by atoms with E-state index in [9.17, 15) is 0 Å². The lowest BCUT2D eigenvalue weighted by Gasteiger charge is -2.21. The van der Waals surface area contributed by atoms with Crippen molar-refractivity contribution in [2.24, 2.45) is 11.7 Å². The maximum Gasteiger partial charge on any atom is 0.104 e. The Kier molecular flexibility index (Phi) is 4.43. The lowest BCUT2D eigenvalue weighted by Crippen LogP contribution is -2.26. The second kappa shape index (κ2) is 5.87. The summed E-state index contributed by atoms with van der Waals surface area (Å²) in [7, 11) is 0. The Morgan fingerprint density at radius 3 is 2.94 bits per heavy atom. The van der Waals surface area contributed by atoms with Gasteiger partial charge in [-0.15, -0.1) is 0 Å². The van der Waals surface area contributed by atoms with E-state index in [0.29, 0.717) is 22.0 Å². The monoisotopic (exact) mass is 284 g/mol. The minimum atomic E-state index is 0.334. The van der Waals surface area contributed by atoms with Crippen molar-refractivity contribution < 1.29 is 4.74 Å². The van der Waals surface area contributed by atoms with Crippen LogP contribution in [0.25, 0.3) is 0 Å². The predicted octanol–water partition coefficient (Wildman–Crippen LogP) is 2.81. The molecule has 0 amide bonds. The number of rotatable bonds is 4. The summed E-state index contributed by atoms with van der Waals surface area (Å²) in [4.78, 5) is 0.362. The van der Waals surface area contributed by atoms with Crippen molar-refractivity contribution in [3.05, 3.63) is 28.8 Å². The summed E-state index contributed by atoms with van der Waals surface area (Å²) >= 11 is 11.1. The molecule has 0 saturated carbocycles. The molecule has 98 valence electrons. The third-order valence-corrected chi connectivity index (χ3v) is 3.86. The van der Waals surface area contributed by atoms with Crippen LogP contribution in [0.15, 0.2) is 18.2 Å². The molecular formula is C13H17ClN2OS. The molecule has 0 spiro atoms. The molecular weight excluding hydrogens is 268 g/mol.